The van der Waals surface area contributed by atoms with Crippen LogP contribution in [0.1, 0.15) is 49.4 Å². The van der Waals surface area contributed by atoms with Gasteiger partial charge in [0.15, 0.2) is 0 Å². The van der Waals surface area contributed by atoms with Crippen LogP contribution < -0.4 is 0 Å². The van der Waals surface area contributed by atoms with E-state index in [-0.39, 0.29) is 30.2 Å². The predicted molar refractivity (Wildman–Crippen MR) is 80.9 cm³/mol. The fraction of sp³-hybridized carbons (Fsp3) is 0.471. The van der Waals surface area contributed by atoms with E-state index in [2.05, 4.69) is 27.4 Å². The van der Waals surface area contributed by atoms with Gasteiger partial charge in [-0.25, -0.2) is 0 Å². The third kappa shape index (κ3) is 3.62. The fourth-order valence-electron chi connectivity index (χ4n) is 2.14. The first kappa shape index (κ1) is 16.3. The average Bonchev–Trinajstić information content (AvgIpc) is 2.32. The molecule has 0 fully saturated rings. The van der Waals surface area contributed by atoms with E-state index in [1.807, 2.05) is 19.9 Å². The van der Waals surface area contributed by atoms with Crippen LogP contribution in [0.5, 0.6) is 5.75 Å². The van der Waals surface area contributed by atoms with E-state index < -0.39 is 0 Å². The Balaban J connectivity index is 3.08. The molecule has 0 bridgehead atoms. The lowest BCUT2D eigenvalue weighted by molar-refractivity contribution is -0.143. The van der Waals surface area contributed by atoms with E-state index in [0.29, 0.717) is 0 Å². The number of aryl methyl sites for hydroxylation is 1. The quantitative estimate of drug-likeness (QED) is 0.669. The molecule has 20 heavy (non-hydrogen) atoms. The summed E-state index contributed by atoms with van der Waals surface area (Å²) < 4.78 is 5.19. The van der Waals surface area contributed by atoms with Crippen molar-refractivity contribution in [2.24, 2.45) is 0 Å². The largest absolute Gasteiger partial charge is 0.507 e. The second-order valence-corrected chi connectivity index (χ2v) is 6.10. The maximum atomic E-state index is 11.4. The Morgan fingerprint density at radius 3 is 2.50 bits per heavy atom. The molecule has 0 aliphatic heterocycles. The molecule has 1 aromatic rings. The summed E-state index contributed by atoms with van der Waals surface area (Å²) in [5.74, 6) is -0.0175. The first-order chi connectivity index (χ1) is 9.18. The normalized spacial score (nSPS) is 11.2. The lowest BCUT2D eigenvalue weighted by Crippen LogP contribution is -2.14. The first-order valence-electron chi connectivity index (χ1n) is 6.77. The van der Waals surface area contributed by atoms with Gasteiger partial charge in [0, 0.05) is 0 Å². The van der Waals surface area contributed by atoms with Gasteiger partial charge in [0.2, 0.25) is 0 Å². The number of ether oxygens (including phenoxy) is 1. The van der Waals surface area contributed by atoms with Crippen LogP contribution in [0.25, 0.3) is 0 Å². The number of rotatable bonds is 4. The summed E-state index contributed by atoms with van der Waals surface area (Å²) in [6, 6.07) is 1.97. The van der Waals surface area contributed by atoms with E-state index in [4.69, 9.17) is 4.74 Å². The average molecular weight is 276 g/mol. The molecular formula is C17H24O3. The molecule has 0 radical (unpaired) electrons. The Hall–Kier alpha value is -1.77. The van der Waals surface area contributed by atoms with Gasteiger partial charge in [0.05, 0.1) is 6.42 Å². The molecule has 0 saturated heterocycles. The minimum absolute atomic E-state index is 0.127. The van der Waals surface area contributed by atoms with Crippen LogP contribution in [-0.2, 0) is 21.6 Å². The standard InChI is InChI=1S/C17H24O3/c1-7-8-15(18)20-10-13-11(2)9-14(17(4,5)6)16(19)12(13)3/h7,9,19H,1,8,10H2,2-6H3. The van der Waals surface area contributed by atoms with Gasteiger partial charge in [-0.1, -0.05) is 32.9 Å². The van der Waals surface area contributed by atoms with Crippen LogP contribution in [0, 0.1) is 13.8 Å². The maximum absolute atomic E-state index is 11.4. The molecule has 1 aromatic carbocycles. The van der Waals surface area contributed by atoms with Crippen LogP contribution in [0.3, 0.4) is 0 Å². The van der Waals surface area contributed by atoms with Gasteiger partial charge in [-0.3, -0.25) is 4.79 Å². The summed E-state index contributed by atoms with van der Waals surface area (Å²) in [4.78, 5) is 11.4. The van der Waals surface area contributed by atoms with Crippen molar-refractivity contribution in [1.29, 1.82) is 0 Å². The number of esters is 1. The SMILES string of the molecule is C=CCC(=O)OCc1c(C)cc(C(C)(C)C)c(O)c1C. The third-order valence-electron chi connectivity index (χ3n) is 3.40. The summed E-state index contributed by atoms with van der Waals surface area (Å²) in [5, 5.41) is 10.4. The van der Waals surface area contributed by atoms with Crippen molar-refractivity contribution >= 4 is 5.97 Å². The van der Waals surface area contributed by atoms with Gasteiger partial charge in [0.1, 0.15) is 12.4 Å². The van der Waals surface area contributed by atoms with Crippen molar-refractivity contribution in [3.63, 3.8) is 0 Å². The van der Waals surface area contributed by atoms with Crippen LogP contribution in [-0.4, -0.2) is 11.1 Å². The van der Waals surface area contributed by atoms with Crippen molar-refractivity contribution in [3.8, 4) is 5.75 Å². The summed E-state index contributed by atoms with van der Waals surface area (Å²) >= 11 is 0. The van der Waals surface area contributed by atoms with Gasteiger partial charge in [-0.05, 0) is 41.5 Å². The highest BCUT2D eigenvalue weighted by Crippen LogP contribution is 2.36. The zero-order valence-corrected chi connectivity index (χ0v) is 13.0. The highest BCUT2D eigenvalue weighted by atomic mass is 16.5. The van der Waals surface area contributed by atoms with Gasteiger partial charge in [-0.2, -0.15) is 0 Å². The molecule has 0 unspecified atom stereocenters. The van der Waals surface area contributed by atoms with Crippen molar-refractivity contribution in [1.82, 2.24) is 0 Å². The predicted octanol–water partition coefficient (Wildman–Crippen LogP) is 3.93. The molecule has 0 saturated carbocycles. The van der Waals surface area contributed by atoms with E-state index >= 15 is 0 Å². The number of carbonyl (C=O) groups excluding carboxylic acids is 1. The number of phenolic OH excluding ortho intramolecular Hbond substituents is 1. The van der Waals surface area contributed by atoms with Crippen LogP contribution in [0.15, 0.2) is 18.7 Å². The van der Waals surface area contributed by atoms with Gasteiger partial charge in [0.25, 0.3) is 0 Å². The maximum Gasteiger partial charge on any atom is 0.309 e. The Bertz CT molecular complexity index is 522. The topological polar surface area (TPSA) is 46.5 Å². The number of hydrogen-bond donors (Lipinski definition) is 1. The summed E-state index contributed by atoms with van der Waals surface area (Å²) in [5.41, 5.74) is 3.46. The lowest BCUT2D eigenvalue weighted by Gasteiger charge is -2.24. The zero-order valence-electron chi connectivity index (χ0n) is 13.0. The number of benzene rings is 1. The molecule has 0 aliphatic rings. The number of phenols is 1. The highest BCUT2D eigenvalue weighted by Gasteiger charge is 2.22. The molecule has 110 valence electrons. The van der Waals surface area contributed by atoms with E-state index in [1.165, 1.54) is 6.08 Å². The third-order valence-corrected chi connectivity index (χ3v) is 3.40. The van der Waals surface area contributed by atoms with Crippen LogP contribution in [0.2, 0.25) is 0 Å². The molecule has 1 rings (SSSR count). The van der Waals surface area contributed by atoms with Gasteiger partial charge < -0.3 is 9.84 Å². The molecular weight excluding hydrogens is 252 g/mol. The summed E-state index contributed by atoms with van der Waals surface area (Å²) in [7, 11) is 0. The Labute approximate surface area is 121 Å². The van der Waals surface area contributed by atoms with Crippen molar-refractivity contribution < 1.29 is 14.6 Å². The second kappa shape index (κ2) is 6.12. The van der Waals surface area contributed by atoms with Crippen molar-refractivity contribution in [3.05, 3.63) is 41.0 Å². The zero-order chi connectivity index (χ0) is 15.5. The number of hydrogen-bond acceptors (Lipinski definition) is 3. The van der Waals surface area contributed by atoms with Crippen LogP contribution in [0.4, 0.5) is 0 Å². The molecule has 0 aromatic heterocycles. The van der Waals surface area contributed by atoms with E-state index in [1.54, 1.807) is 0 Å². The minimum Gasteiger partial charge on any atom is -0.507 e. The van der Waals surface area contributed by atoms with Crippen molar-refractivity contribution in [2.45, 2.75) is 53.1 Å². The monoisotopic (exact) mass is 276 g/mol. The number of carbonyl (C=O) groups is 1. The minimum atomic E-state index is -0.307. The van der Waals surface area contributed by atoms with E-state index in [9.17, 15) is 9.90 Å². The smallest absolute Gasteiger partial charge is 0.309 e. The second-order valence-electron chi connectivity index (χ2n) is 6.10. The Morgan fingerprint density at radius 1 is 1.40 bits per heavy atom. The first-order valence-corrected chi connectivity index (χ1v) is 6.77. The molecule has 0 amide bonds. The van der Waals surface area contributed by atoms with E-state index in [0.717, 1.165) is 22.3 Å². The Morgan fingerprint density at radius 2 is 2.00 bits per heavy atom. The number of aromatic hydroxyl groups is 1. The lowest BCUT2D eigenvalue weighted by atomic mass is 9.83. The van der Waals surface area contributed by atoms with Crippen LogP contribution >= 0.6 is 0 Å². The van der Waals surface area contributed by atoms with Gasteiger partial charge >= 0.3 is 5.97 Å². The fourth-order valence-corrected chi connectivity index (χ4v) is 2.14. The van der Waals surface area contributed by atoms with Gasteiger partial charge in [-0.15, -0.1) is 6.58 Å². The summed E-state index contributed by atoms with van der Waals surface area (Å²) in [6.45, 7) is 13.7. The molecule has 3 heteroatoms. The highest BCUT2D eigenvalue weighted by molar-refractivity contribution is 5.71. The summed E-state index contributed by atoms with van der Waals surface area (Å²) in [6.07, 6.45) is 1.71. The molecule has 3 nitrogen and oxygen atoms in total. The molecule has 0 atom stereocenters. The molecule has 0 aliphatic carbocycles. The molecule has 1 N–H and O–H groups in total. The Kier molecular flexibility index (Phi) is 4.98. The molecule has 0 spiro atoms. The molecule has 0 heterocycles. The van der Waals surface area contributed by atoms with Crippen molar-refractivity contribution in [2.75, 3.05) is 0 Å².